The van der Waals surface area contributed by atoms with Gasteiger partial charge in [-0.2, -0.15) is 0 Å². The summed E-state index contributed by atoms with van der Waals surface area (Å²) >= 11 is 0. The number of carbonyl (C=O) groups excluding carboxylic acids is 2. The molecule has 1 aliphatic heterocycles. The molecule has 1 rings (SSSR count). The SMILES string of the molecule is C=CCOC(=O)N1CCC(NC(=O)C=C)C1. The van der Waals surface area contributed by atoms with Gasteiger partial charge in [0.15, 0.2) is 0 Å². The minimum Gasteiger partial charge on any atom is -0.445 e. The first-order chi connectivity index (χ1) is 7.67. The third-order valence-electron chi connectivity index (χ3n) is 2.30. The van der Waals surface area contributed by atoms with Gasteiger partial charge < -0.3 is 15.0 Å². The number of amides is 2. The molecule has 1 fully saturated rings. The van der Waals surface area contributed by atoms with E-state index in [1.165, 1.54) is 12.2 Å². The van der Waals surface area contributed by atoms with Gasteiger partial charge in [0.2, 0.25) is 5.91 Å². The van der Waals surface area contributed by atoms with Crippen LogP contribution in [0.4, 0.5) is 4.79 Å². The lowest BCUT2D eigenvalue weighted by atomic mass is 10.2. The summed E-state index contributed by atoms with van der Waals surface area (Å²) in [4.78, 5) is 24.0. The molecule has 2 amide bonds. The van der Waals surface area contributed by atoms with E-state index < -0.39 is 0 Å². The number of rotatable bonds is 4. The van der Waals surface area contributed by atoms with E-state index in [0.717, 1.165) is 6.42 Å². The van der Waals surface area contributed by atoms with E-state index in [-0.39, 0.29) is 24.6 Å². The average Bonchev–Trinajstić information content (AvgIpc) is 2.74. The number of hydrogen-bond donors (Lipinski definition) is 1. The van der Waals surface area contributed by atoms with Crippen molar-refractivity contribution in [2.75, 3.05) is 19.7 Å². The van der Waals surface area contributed by atoms with E-state index in [0.29, 0.717) is 13.1 Å². The topological polar surface area (TPSA) is 58.6 Å². The highest BCUT2D eigenvalue weighted by molar-refractivity contribution is 5.87. The lowest BCUT2D eigenvalue weighted by molar-refractivity contribution is -0.117. The molecule has 5 nitrogen and oxygen atoms in total. The van der Waals surface area contributed by atoms with Gasteiger partial charge in [-0.1, -0.05) is 19.2 Å². The fraction of sp³-hybridized carbons (Fsp3) is 0.455. The Morgan fingerprint density at radius 3 is 2.88 bits per heavy atom. The van der Waals surface area contributed by atoms with Gasteiger partial charge in [0.25, 0.3) is 0 Å². The predicted molar refractivity (Wildman–Crippen MR) is 59.9 cm³/mol. The summed E-state index contributed by atoms with van der Waals surface area (Å²) < 4.78 is 4.89. The van der Waals surface area contributed by atoms with Crippen molar-refractivity contribution in [3.63, 3.8) is 0 Å². The highest BCUT2D eigenvalue weighted by Gasteiger charge is 2.27. The van der Waals surface area contributed by atoms with Gasteiger partial charge in [-0.15, -0.1) is 0 Å². The van der Waals surface area contributed by atoms with Crippen LogP contribution in [0.5, 0.6) is 0 Å². The Morgan fingerprint density at radius 1 is 1.50 bits per heavy atom. The standard InChI is InChI=1S/C11H16N2O3/c1-3-7-16-11(15)13-6-5-9(8-13)12-10(14)4-2/h3-4,9H,1-2,5-8H2,(H,12,14). The second kappa shape index (κ2) is 5.95. The van der Waals surface area contributed by atoms with Crippen LogP contribution in [-0.2, 0) is 9.53 Å². The third kappa shape index (κ3) is 3.42. The number of nitrogens with one attached hydrogen (secondary N) is 1. The Kier molecular flexibility index (Phi) is 4.57. The van der Waals surface area contributed by atoms with Crippen molar-refractivity contribution >= 4 is 12.0 Å². The highest BCUT2D eigenvalue weighted by atomic mass is 16.6. The normalized spacial score (nSPS) is 19.0. The van der Waals surface area contributed by atoms with E-state index in [1.54, 1.807) is 4.90 Å². The van der Waals surface area contributed by atoms with Crippen molar-refractivity contribution in [1.82, 2.24) is 10.2 Å². The van der Waals surface area contributed by atoms with Gasteiger partial charge >= 0.3 is 6.09 Å². The fourth-order valence-electron chi connectivity index (χ4n) is 1.53. The zero-order valence-electron chi connectivity index (χ0n) is 9.15. The molecule has 5 heteroatoms. The van der Waals surface area contributed by atoms with Crippen LogP contribution in [-0.4, -0.2) is 42.6 Å². The van der Waals surface area contributed by atoms with Gasteiger partial charge in [-0.3, -0.25) is 4.79 Å². The summed E-state index contributed by atoms with van der Waals surface area (Å²) in [6.07, 6.45) is 3.11. The summed E-state index contributed by atoms with van der Waals surface area (Å²) in [5.74, 6) is -0.216. The maximum atomic E-state index is 11.4. The molecule has 0 saturated carbocycles. The van der Waals surface area contributed by atoms with Crippen LogP contribution in [0.3, 0.4) is 0 Å². The molecule has 0 aliphatic carbocycles. The van der Waals surface area contributed by atoms with Gasteiger partial charge in [0.05, 0.1) is 0 Å². The van der Waals surface area contributed by atoms with Crippen molar-refractivity contribution in [2.24, 2.45) is 0 Å². The van der Waals surface area contributed by atoms with E-state index >= 15 is 0 Å². The van der Waals surface area contributed by atoms with Gasteiger partial charge in [0, 0.05) is 19.1 Å². The van der Waals surface area contributed by atoms with Gasteiger partial charge in [-0.05, 0) is 12.5 Å². The smallest absolute Gasteiger partial charge is 0.410 e. The lowest BCUT2D eigenvalue weighted by Gasteiger charge is -2.15. The van der Waals surface area contributed by atoms with Crippen LogP contribution >= 0.6 is 0 Å². The summed E-state index contributed by atoms with van der Waals surface area (Å²) in [7, 11) is 0. The van der Waals surface area contributed by atoms with Crippen LogP contribution in [0.25, 0.3) is 0 Å². The molecule has 16 heavy (non-hydrogen) atoms. The van der Waals surface area contributed by atoms with Crippen molar-refractivity contribution in [3.8, 4) is 0 Å². The average molecular weight is 224 g/mol. The molecule has 1 heterocycles. The third-order valence-corrected chi connectivity index (χ3v) is 2.30. The first kappa shape index (κ1) is 12.3. The summed E-state index contributed by atoms with van der Waals surface area (Å²) in [5, 5.41) is 2.74. The number of ether oxygens (including phenoxy) is 1. The molecular weight excluding hydrogens is 208 g/mol. The largest absolute Gasteiger partial charge is 0.445 e. The zero-order chi connectivity index (χ0) is 12.0. The molecule has 1 N–H and O–H groups in total. The quantitative estimate of drug-likeness (QED) is 0.564. The highest BCUT2D eigenvalue weighted by Crippen LogP contribution is 2.10. The number of hydrogen-bond acceptors (Lipinski definition) is 3. The van der Waals surface area contributed by atoms with Crippen molar-refractivity contribution in [3.05, 3.63) is 25.3 Å². The van der Waals surface area contributed by atoms with E-state index in [2.05, 4.69) is 18.5 Å². The van der Waals surface area contributed by atoms with Crippen LogP contribution in [0.1, 0.15) is 6.42 Å². The molecule has 1 aliphatic rings. The predicted octanol–water partition coefficient (Wildman–Crippen LogP) is 0.685. The van der Waals surface area contributed by atoms with Crippen molar-refractivity contribution in [2.45, 2.75) is 12.5 Å². The first-order valence-electron chi connectivity index (χ1n) is 5.13. The van der Waals surface area contributed by atoms with E-state index in [4.69, 9.17) is 4.74 Å². The van der Waals surface area contributed by atoms with E-state index in [9.17, 15) is 9.59 Å². The molecule has 1 atom stereocenters. The minimum absolute atomic E-state index is 0.0122. The number of carbonyl (C=O) groups is 2. The molecule has 0 radical (unpaired) electrons. The Balaban J connectivity index is 2.34. The molecule has 0 aromatic heterocycles. The maximum Gasteiger partial charge on any atom is 0.410 e. The fourth-order valence-corrected chi connectivity index (χ4v) is 1.53. The summed E-state index contributed by atoms with van der Waals surface area (Å²) in [6.45, 7) is 8.11. The molecule has 1 saturated heterocycles. The lowest BCUT2D eigenvalue weighted by Crippen LogP contribution is -2.37. The molecule has 0 spiro atoms. The molecule has 88 valence electrons. The molecular formula is C11H16N2O3. The zero-order valence-corrected chi connectivity index (χ0v) is 9.15. The van der Waals surface area contributed by atoms with E-state index in [1.807, 2.05) is 0 Å². The van der Waals surface area contributed by atoms with Crippen LogP contribution < -0.4 is 5.32 Å². The minimum atomic E-state index is -0.366. The summed E-state index contributed by atoms with van der Waals surface area (Å²) in [5.41, 5.74) is 0. The molecule has 1 unspecified atom stereocenters. The Bertz CT molecular complexity index is 302. The van der Waals surface area contributed by atoms with Crippen LogP contribution in [0.15, 0.2) is 25.3 Å². The van der Waals surface area contributed by atoms with Crippen molar-refractivity contribution in [1.29, 1.82) is 0 Å². The molecule has 0 bridgehead atoms. The molecule has 0 aromatic carbocycles. The van der Waals surface area contributed by atoms with Gasteiger partial charge in [0.1, 0.15) is 6.61 Å². The summed E-state index contributed by atoms with van der Waals surface area (Å²) in [6, 6.07) is -0.0122. The maximum absolute atomic E-state index is 11.4. The monoisotopic (exact) mass is 224 g/mol. The second-order valence-electron chi connectivity index (χ2n) is 3.51. The van der Waals surface area contributed by atoms with Crippen LogP contribution in [0, 0.1) is 0 Å². The number of likely N-dealkylation sites (tertiary alicyclic amines) is 1. The van der Waals surface area contributed by atoms with Gasteiger partial charge in [-0.25, -0.2) is 4.79 Å². The van der Waals surface area contributed by atoms with Crippen LogP contribution in [0.2, 0.25) is 0 Å². The molecule has 0 aromatic rings. The Labute approximate surface area is 94.7 Å². The number of nitrogens with zero attached hydrogens (tertiary/aromatic N) is 1. The van der Waals surface area contributed by atoms with Crippen molar-refractivity contribution < 1.29 is 14.3 Å². The first-order valence-corrected chi connectivity index (χ1v) is 5.13. The second-order valence-corrected chi connectivity index (χ2v) is 3.51. The Morgan fingerprint density at radius 2 is 2.25 bits per heavy atom. The Hall–Kier alpha value is -1.78.